The lowest BCUT2D eigenvalue weighted by molar-refractivity contribution is -0.141. The number of anilines is 4. The SMILES string of the molecule is CC[C@H]1C(=O)Nc2c(C)nc(NC3CC(Nc4cnc(C(F)(F)F)cn4)C3)nc2N1C. The standard InChI is InChI=1S/C19H23F3N8O/c1-4-12-17(31)28-15-9(2)25-18(29-16(15)30(12)3)27-11-5-10(6-11)26-14-8-23-13(7-24-14)19(20,21)22/h7-8,10-12H,4-6H2,1-3H3,(H,24,26)(H,28,31)(H,25,27,29)/t10?,11?,12-/m0/s1. The van der Waals surface area contributed by atoms with Gasteiger partial charge in [-0.15, -0.1) is 0 Å². The summed E-state index contributed by atoms with van der Waals surface area (Å²) in [6.45, 7) is 3.77. The number of rotatable bonds is 5. The number of likely N-dealkylation sites (N-methyl/N-ethyl adjacent to an activating group) is 1. The summed E-state index contributed by atoms with van der Waals surface area (Å²) in [7, 11) is 1.84. The van der Waals surface area contributed by atoms with Crippen molar-refractivity contribution in [3.05, 3.63) is 23.8 Å². The fraction of sp³-hybridized carbons (Fsp3) is 0.526. The lowest BCUT2D eigenvalue weighted by atomic mass is 9.87. The summed E-state index contributed by atoms with van der Waals surface area (Å²) in [6, 6.07) is -0.103. The summed E-state index contributed by atoms with van der Waals surface area (Å²) >= 11 is 0. The molecule has 3 heterocycles. The van der Waals surface area contributed by atoms with Gasteiger partial charge in [0.15, 0.2) is 11.5 Å². The Morgan fingerprint density at radius 2 is 1.87 bits per heavy atom. The van der Waals surface area contributed by atoms with E-state index in [1.54, 1.807) is 0 Å². The van der Waals surface area contributed by atoms with E-state index in [4.69, 9.17) is 0 Å². The van der Waals surface area contributed by atoms with Gasteiger partial charge in [-0.05, 0) is 26.2 Å². The maximum Gasteiger partial charge on any atom is 0.434 e. The van der Waals surface area contributed by atoms with E-state index in [-0.39, 0.29) is 24.0 Å². The van der Waals surface area contributed by atoms with Crippen LogP contribution >= 0.6 is 0 Å². The van der Waals surface area contributed by atoms with Gasteiger partial charge in [0.1, 0.15) is 17.5 Å². The number of alkyl halides is 3. The Morgan fingerprint density at radius 3 is 2.48 bits per heavy atom. The molecule has 1 saturated carbocycles. The number of hydrogen-bond donors (Lipinski definition) is 3. The minimum Gasteiger partial charge on any atom is -0.366 e. The molecule has 1 aliphatic carbocycles. The Bertz CT molecular complexity index is 975. The molecule has 1 aliphatic heterocycles. The Hall–Kier alpha value is -3.18. The highest BCUT2D eigenvalue weighted by Crippen LogP contribution is 2.34. The molecule has 166 valence electrons. The molecule has 2 aromatic heterocycles. The zero-order valence-electron chi connectivity index (χ0n) is 17.3. The molecule has 12 heteroatoms. The summed E-state index contributed by atoms with van der Waals surface area (Å²) in [5, 5.41) is 9.26. The van der Waals surface area contributed by atoms with Crippen molar-refractivity contribution in [2.75, 3.05) is 27.9 Å². The van der Waals surface area contributed by atoms with Gasteiger partial charge in [0, 0.05) is 19.1 Å². The lowest BCUT2D eigenvalue weighted by Gasteiger charge is -2.37. The third-order valence-electron chi connectivity index (χ3n) is 5.58. The topological polar surface area (TPSA) is 108 Å². The van der Waals surface area contributed by atoms with E-state index in [0.29, 0.717) is 35.4 Å². The number of carbonyl (C=O) groups is 1. The third-order valence-corrected chi connectivity index (χ3v) is 5.58. The first-order valence-corrected chi connectivity index (χ1v) is 10.00. The van der Waals surface area contributed by atoms with Crippen LogP contribution in [0.25, 0.3) is 0 Å². The van der Waals surface area contributed by atoms with Gasteiger partial charge in [-0.2, -0.15) is 18.2 Å². The maximum atomic E-state index is 12.6. The van der Waals surface area contributed by atoms with Crippen LogP contribution in [0.2, 0.25) is 0 Å². The van der Waals surface area contributed by atoms with E-state index in [2.05, 4.69) is 35.9 Å². The number of amides is 1. The number of aromatic nitrogens is 4. The number of halogens is 3. The molecule has 0 aromatic carbocycles. The van der Waals surface area contributed by atoms with Crippen molar-refractivity contribution in [1.29, 1.82) is 0 Å². The van der Waals surface area contributed by atoms with Crippen LogP contribution in [0.3, 0.4) is 0 Å². The first kappa shape index (κ1) is 21.1. The van der Waals surface area contributed by atoms with Gasteiger partial charge in [0.05, 0.1) is 18.1 Å². The van der Waals surface area contributed by atoms with E-state index in [0.717, 1.165) is 25.2 Å². The molecule has 1 amide bonds. The minimum atomic E-state index is -4.50. The predicted molar refractivity (Wildman–Crippen MR) is 109 cm³/mol. The normalized spacial score (nSPS) is 23.0. The number of fused-ring (bicyclic) bond motifs is 1. The highest BCUT2D eigenvalue weighted by molar-refractivity contribution is 6.03. The summed E-state index contributed by atoms with van der Waals surface area (Å²) < 4.78 is 37.7. The molecule has 9 nitrogen and oxygen atoms in total. The number of carbonyl (C=O) groups excluding carboxylic acids is 1. The molecule has 0 unspecified atom stereocenters. The molecule has 0 saturated heterocycles. The van der Waals surface area contributed by atoms with Crippen LogP contribution in [0, 0.1) is 6.92 Å². The molecular weight excluding hydrogens is 413 g/mol. The second kappa shape index (κ2) is 7.82. The van der Waals surface area contributed by atoms with E-state index in [1.807, 2.05) is 25.8 Å². The molecule has 31 heavy (non-hydrogen) atoms. The van der Waals surface area contributed by atoms with Crippen molar-refractivity contribution in [2.45, 2.75) is 57.4 Å². The molecular formula is C19H23F3N8O. The van der Waals surface area contributed by atoms with E-state index in [9.17, 15) is 18.0 Å². The van der Waals surface area contributed by atoms with Crippen molar-refractivity contribution in [3.63, 3.8) is 0 Å². The van der Waals surface area contributed by atoms with Crippen LogP contribution in [0.1, 0.15) is 37.6 Å². The molecule has 1 fully saturated rings. The predicted octanol–water partition coefficient (Wildman–Crippen LogP) is 2.82. The third kappa shape index (κ3) is 4.19. The van der Waals surface area contributed by atoms with E-state index in [1.165, 1.54) is 0 Å². The first-order valence-electron chi connectivity index (χ1n) is 10.00. The number of nitrogens with one attached hydrogen (secondary N) is 3. The fourth-order valence-electron chi connectivity index (χ4n) is 3.81. The van der Waals surface area contributed by atoms with Gasteiger partial charge in [-0.1, -0.05) is 6.92 Å². The summed E-state index contributed by atoms with van der Waals surface area (Å²) in [5.41, 5.74) is 0.283. The van der Waals surface area contributed by atoms with Crippen LogP contribution in [-0.4, -0.2) is 51.0 Å². The Balaban J connectivity index is 1.36. The van der Waals surface area contributed by atoms with Crippen LogP contribution in [0.15, 0.2) is 12.4 Å². The van der Waals surface area contributed by atoms with Crippen molar-refractivity contribution >= 4 is 29.2 Å². The van der Waals surface area contributed by atoms with Crippen LogP contribution in [-0.2, 0) is 11.0 Å². The smallest absolute Gasteiger partial charge is 0.366 e. The highest BCUT2D eigenvalue weighted by atomic mass is 19.4. The average molecular weight is 436 g/mol. The first-order chi connectivity index (χ1) is 14.7. The molecule has 2 aromatic rings. The second-order valence-electron chi connectivity index (χ2n) is 7.79. The zero-order valence-corrected chi connectivity index (χ0v) is 17.3. The molecule has 0 bridgehead atoms. The molecule has 4 rings (SSSR count). The number of aryl methyl sites for hydroxylation is 1. The average Bonchev–Trinajstić information content (AvgIpc) is 2.67. The Kier molecular flexibility index (Phi) is 5.31. The highest BCUT2D eigenvalue weighted by Gasteiger charge is 2.35. The van der Waals surface area contributed by atoms with Gasteiger partial charge in [-0.25, -0.2) is 15.0 Å². The van der Waals surface area contributed by atoms with Gasteiger partial charge in [0.25, 0.3) is 0 Å². The minimum absolute atomic E-state index is 0.0636. The van der Waals surface area contributed by atoms with Crippen molar-refractivity contribution in [1.82, 2.24) is 19.9 Å². The quantitative estimate of drug-likeness (QED) is 0.657. The summed E-state index contributed by atoms with van der Waals surface area (Å²) in [5.74, 6) is 1.40. The number of nitrogens with zero attached hydrogens (tertiary/aromatic N) is 5. The summed E-state index contributed by atoms with van der Waals surface area (Å²) in [4.78, 5) is 30.3. The zero-order chi connectivity index (χ0) is 22.3. The molecule has 1 atom stereocenters. The van der Waals surface area contributed by atoms with Crippen molar-refractivity contribution < 1.29 is 18.0 Å². The van der Waals surface area contributed by atoms with Crippen molar-refractivity contribution in [2.24, 2.45) is 0 Å². The molecule has 0 spiro atoms. The monoisotopic (exact) mass is 436 g/mol. The van der Waals surface area contributed by atoms with Crippen LogP contribution in [0.4, 0.5) is 36.4 Å². The Morgan fingerprint density at radius 1 is 1.16 bits per heavy atom. The second-order valence-corrected chi connectivity index (χ2v) is 7.79. The van der Waals surface area contributed by atoms with E-state index < -0.39 is 11.9 Å². The maximum absolute atomic E-state index is 12.6. The van der Waals surface area contributed by atoms with E-state index >= 15 is 0 Å². The van der Waals surface area contributed by atoms with Crippen molar-refractivity contribution in [3.8, 4) is 0 Å². The molecule has 2 aliphatic rings. The largest absolute Gasteiger partial charge is 0.434 e. The molecule has 3 N–H and O–H groups in total. The van der Waals surface area contributed by atoms with Gasteiger partial charge in [-0.3, -0.25) is 4.79 Å². The lowest BCUT2D eigenvalue weighted by Crippen LogP contribution is -2.47. The molecule has 0 radical (unpaired) electrons. The van der Waals surface area contributed by atoms with Gasteiger partial charge < -0.3 is 20.9 Å². The fourth-order valence-corrected chi connectivity index (χ4v) is 3.81. The van der Waals surface area contributed by atoms with Crippen LogP contribution < -0.4 is 20.9 Å². The number of hydrogen-bond acceptors (Lipinski definition) is 8. The van der Waals surface area contributed by atoms with Crippen LogP contribution in [0.5, 0.6) is 0 Å². The summed E-state index contributed by atoms with van der Waals surface area (Å²) in [6.07, 6.45) is -0.569. The Labute approximate surface area is 176 Å². The van der Waals surface area contributed by atoms with Gasteiger partial charge in [0.2, 0.25) is 11.9 Å². The van der Waals surface area contributed by atoms with Gasteiger partial charge >= 0.3 is 6.18 Å².